The van der Waals surface area contributed by atoms with Gasteiger partial charge >= 0.3 is 5.97 Å². The largest absolute Gasteiger partial charge is 0.481 e. The smallest absolute Gasteiger partial charge is 0.307 e. The minimum atomic E-state index is -0.826. The Morgan fingerprint density at radius 3 is 2.44 bits per heavy atom. The second kappa shape index (κ2) is 7.58. The van der Waals surface area contributed by atoms with Crippen molar-refractivity contribution in [1.29, 1.82) is 0 Å². The lowest BCUT2D eigenvalue weighted by atomic mass is 9.96. The molecule has 5 heteroatoms. The van der Waals surface area contributed by atoms with E-state index in [9.17, 15) is 4.79 Å². The lowest BCUT2D eigenvalue weighted by molar-refractivity contribution is -0.136. The predicted octanol–water partition coefficient (Wildman–Crippen LogP) is 4.39. The molecule has 0 fully saturated rings. The van der Waals surface area contributed by atoms with E-state index in [2.05, 4.69) is 5.32 Å². The van der Waals surface area contributed by atoms with Crippen LogP contribution in [0.25, 0.3) is 11.4 Å². The number of aliphatic carboxylic acids is 1. The zero-order chi connectivity index (χ0) is 18.6. The molecular weight excluding hydrogens is 338 g/mol. The van der Waals surface area contributed by atoms with E-state index in [1.807, 2.05) is 54.6 Å². The zero-order valence-electron chi connectivity index (χ0n) is 15.0. The minimum absolute atomic E-state index is 0.0291. The first-order valence-electron chi connectivity index (χ1n) is 9.22. The van der Waals surface area contributed by atoms with Crippen molar-refractivity contribution in [2.75, 3.05) is 5.32 Å². The summed E-state index contributed by atoms with van der Waals surface area (Å²) in [6.07, 6.45) is 4.28. The van der Waals surface area contributed by atoms with Crippen molar-refractivity contribution in [3.05, 3.63) is 71.4 Å². The van der Waals surface area contributed by atoms with E-state index in [0.29, 0.717) is 0 Å². The molecule has 1 aromatic heterocycles. The van der Waals surface area contributed by atoms with Crippen LogP contribution < -0.4 is 5.32 Å². The Kier molecular flexibility index (Phi) is 4.83. The second-order valence-electron chi connectivity index (χ2n) is 6.79. The SMILES string of the molecule is O=C(O)Cc1ccc(Nc2nc(-c3ccccc3)nc3c2CCCC3)cc1. The van der Waals surface area contributed by atoms with Gasteiger partial charge < -0.3 is 10.4 Å². The number of carboxylic acids is 1. The van der Waals surface area contributed by atoms with Crippen LogP contribution in [0.4, 0.5) is 11.5 Å². The number of nitrogens with zero attached hydrogens (tertiary/aromatic N) is 2. The van der Waals surface area contributed by atoms with Gasteiger partial charge in [-0.05, 0) is 43.4 Å². The summed E-state index contributed by atoms with van der Waals surface area (Å²) in [7, 11) is 0. The van der Waals surface area contributed by atoms with Gasteiger partial charge in [-0.1, -0.05) is 42.5 Å². The van der Waals surface area contributed by atoms with Gasteiger partial charge in [0.2, 0.25) is 0 Å². The first-order valence-corrected chi connectivity index (χ1v) is 9.22. The molecule has 2 N–H and O–H groups in total. The first-order chi connectivity index (χ1) is 13.2. The van der Waals surface area contributed by atoms with Crippen LogP contribution in [-0.2, 0) is 24.1 Å². The Morgan fingerprint density at radius 2 is 1.70 bits per heavy atom. The number of benzene rings is 2. The van der Waals surface area contributed by atoms with Crippen LogP contribution in [-0.4, -0.2) is 21.0 Å². The van der Waals surface area contributed by atoms with Crippen LogP contribution in [0.2, 0.25) is 0 Å². The number of anilines is 2. The molecule has 136 valence electrons. The van der Waals surface area contributed by atoms with E-state index in [1.54, 1.807) is 0 Å². The van der Waals surface area contributed by atoms with Crippen molar-refractivity contribution in [3.8, 4) is 11.4 Å². The predicted molar refractivity (Wildman–Crippen MR) is 105 cm³/mol. The monoisotopic (exact) mass is 359 g/mol. The highest BCUT2D eigenvalue weighted by Crippen LogP contribution is 2.30. The Labute approximate surface area is 158 Å². The first kappa shape index (κ1) is 17.2. The van der Waals surface area contributed by atoms with Gasteiger partial charge in [0, 0.05) is 22.5 Å². The van der Waals surface area contributed by atoms with Gasteiger partial charge in [-0.2, -0.15) is 0 Å². The maximum absolute atomic E-state index is 10.8. The van der Waals surface area contributed by atoms with E-state index in [-0.39, 0.29) is 6.42 Å². The van der Waals surface area contributed by atoms with Gasteiger partial charge in [0.25, 0.3) is 0 Å². The Morgan fingerprint density at radius 1 is 0.963 bits per heavy atom. The minimum Gasteiger partial charge on any atom is -0.481 e. The Balaban J connectivity index is 1.67. The molecule has 5 nitrogen and oxygen atoms in total. The zero-order valence-corrected chi connectivity index (χ0v) is 15.0. The van der Waals surface area contributed by atoms with E-state index >= 15 is 0 Å². The maximum Gasteiger partial charge on any atom is 0.307 e. The summed E-state index contributed by atoms with van der Waals surface area (Å²) in [6.45, 7) is 0. The van der Waals surface area contributed by atoms with Crippen LogP contribution in [0.1, 0.15) is 29.7 Å². The molecule has 1 aliphatic rings. The van der Waals surface area contributed by atoms with Gasteiger partial charge in [0.15, 0.2) is 5.82 Å². The normalized spacial score (nSPS) is 13.0. The average Bonchev–Trinajstić information content (AvgIpc) is 2.70. The van der Waals surface area contributed by atoms with Gasteiger partial charge in [0.1, 0.15) is 5.82 Å². The number of carbonyl (C=O) groups is 1. The topological polar surface area (TPSA) is 75.1 Å². The number of nitrogens with one attached hydrogen (secondary N) is 1. The number of carboxylic acid groups (broad SMARTS) is 1. The van der Waals surface area contributed by atoms with E-state index in [1.165, 1.54) is 5.56 Å². The maximum atomic E-state index is 10.8. The fourth-order valence-corrected chi connectivity index (χ4v) is 3.43. The number of aromatic nitrogens is 2. The number of rotatable bonds is 5. The molecule has 0 bridgehead atoms. The third-order valence-electron chi connectivity index (χ3n) is 4.79. The fraction of sp³-hybridized carbons (Fsp3) is 0.227. The third kappa shape index (κ3) is 3.97. The van der Waals surface area contributed by atoms with Crippen molar-refractivity contribution >= 4 is 17.5 Å². The van der Waals surface area contributed by atoms with Crippen molar-refractivity contribution in [3.63, 3.8) is 0 Å². The van der Waals surface area contributed by atoms with Crippen LogP contribution in [0.5, 0.6) is 0 Å². The molecule has 0 atom stereocenters. The summed E-state index contributed by atoms with van der Waals surface area (Å²) < 4.78 is 0. The highest BCUT2D eigenvalue weighted by atomic mass is 16.4. The number of hydrogen-bond acceptors (Lipinski definition) is 4. The van der Waals surface area contributed by atoms with Gasteiger partial charge in [-0.25, -0.2) is 9.97 Å². The summed E-state index contributed by atoms with van der Waals surface area (Å²) in [5.74, 6) is 0.763. The molecular formula is C22H21N3O2. The molecule has 27 heavy (non-hydrogen) atoms. The molecule has 0 saturated heterocycles. The van der Waals surface area contributed by atoms with Gasteiger partial charge in [-0.3, -0.25) is 4.79 Å². The third-order valence-corrected chi connectivity index (χ3v) is 4.79. The molecule has 1 aliphatic carbocycles. The summed E-state index contributed by atoms with van der Waals surface area (Å²) in [5.41, 5.74) is 5.00. The molecule has 1 heterocycles. The van der Waals surface area contributed by atoms with Gasteiger partial charge in [-0.15, -0.1) is 0 Å². The molecule has 4 rings (SSSR count). The molecule has 0 aliphatic heterocycles. The highest BCUT2D eigenvalue weighted by Gasteiger charge is 2.18. The summed E-state index contributed by atoms with van der Waals surface area (Å²) >= 11 is 0. The van der Waals surface area contributed by atoms with Crippen molar-refractivity contribution in [1.82, 2.24) is 9.97 Å². The molecule has 0 spiro atoms. The average molecular weight is 359 g/mol. The standard InChI is InChI=1S/C22H21N3O2/c26-20(27)14-15-10-12-17(13-11-15)23-22-18-8-4-5-9-19(18)24-21(25-22)16-6-2-1-3-7-16/h1-3,6-7,10-13H,4-5,8-9,14H2,(H,26,27)(H,23,24,25). The van der Waals surface area contributed by atoms with Crippen molar-refractivity contribution in [2.24, 2.45) is 0 Å². The van der Waals surface area contributed by atoms with E-state index in [0.717, 1.165) is 59.8 Å². The lowest BCUT2D eigenvalue weighted by Crippen LogP contribution is -2.12. The quantitative estimate of drug-likeness (QED) is 0.706. The highest BCUT2D eigenvalue weighted by molar-refractivity contribution is 5.71. The van der Waals surface area contributed by atoms with Crippen molar-refractivity contribution in [2.45, 2.75) is 32.1 Å². The number of aryl methyl sites for hydroxylation is 1. The molecule has 0 unspecified atom stereocenters. The summed E-state index contributed by atoms with van der Waals surface area (Å²) in [4.78, 5) is 20.5. The molecule has 0 amide bonds. The molecule has 0 radical (unpaired) electrons. The second-order valence-corrected chi connectivity index (χ2v) is 6.79. The Bertz CT molecular complexity index is 953. The number of fused-ring (bicyclic) bond motifs is 1. The molecule has 3 aromatic rings. The van der Waals surface area contributed by atoms with Gasteiger partial charge in [0.05, 0.1) is 6.42 Å². The lowest BCUT2D eigenvalue weighted by Gasteiger charge is -2.20. The summed E-state index contributed by atoms with van der Waals surface area (Å²) in [5, 5.41) is 12.3. The van der Waals surface area contributed by atoms with Crippen LogP contribution in [0.3, 0.4) is 0 Å². The van der Waals surface area contributed by atoms with E-state index in [4.69, 9.17) is 15.1 Å². The van der Waals surface area contributed by atoms with Crippen LogP contribution in [0.15, 0.2) is 54.6 Å². The fourth-order valence-electron chi connectivity index (χ4n) is 3.43. The molecule has 2 aromatic carbocycles. The van der Waals surface area contributed by atoms with E-state index < -0.39 is 5.97 Å². The van der Waals surface area contributed by atoms with Crippen LogP contribution in [0, 0.1) is 0 Å². The van der Waals surface area contributed by atoms with Crippen molar-refractivity contribution < 1.29 is 9.90 Å². The summed E-state index contributed by atoms with van der Waals surface area (Å²) in [6, 6.07) is 17.5. The Hall–Kier alpha value is -3.21. The molecule has 0 saturated carbocycles. The van der Waals surface area contributed by atoms with Crippen LogP contribution >= 0.6 is 0 Å². The number of hydrogen-bond donors (Lipinski definition) is 2.